The van der Waals surface area contributed by atoms with E-state index in [0.29, 0.717) is 30.6 Å². The third-order valence-electron chi connectivity index (χ3n) is 4.13. The smallest absolute Gasteiger partial charge is 0.247 e. The van der Waals surface area contributed by atoms with Gasteiger partial charge in [-0.15, -0.1) is 0 Å². The number of sulfone groups is 1. The Kier molecular flexibility index (Phi) is 4.13. The van der Waals surface area contributed by atoms with Gasteiger partial charge >= 0.3 is 0 Å². The highest BCUT2D eigenvalue weighted by Crippen LogP contribution is 2.34. The van der Waals surface area contributed by atoms with E-state index in [0.717, 1.165) is 6.26 Å². The van der Waals surface area contributed by atoms with Gasteiger partial charge in [0.15, 0.2) is 9.84 Å². The predicted molar refractivity (Wildman–Crippen MR) is 81.9 cm³/mol. The Morgan fingerprint density at radius 2 is 1.95 bits per heavy atom. The molecule has 1 N–H and O–H groups in total. The van der Waals surface area contributed by atoms with Crippen molar-refractivity contribution in [2.24, 2.45) is 0 Å². The fourth-order valence-electron chi connectivity index (χ4n) is 2.43. The third kappa shape index (κ3) is 2.82. The Balaban J connectivity index is 2.50. The third-order valence-corrected chi connectivity index (χ3v) is 6.16. The SMILES string of the molecule is CC(C)(C(=O)N1CCCC(O)c2ccccc21)S(C)(=O)=O. The molecule has 1 atom stereocenters. The first kappa shape index (κ1) is 16.0. The van der Waals surface area contributed by atoms with Crippen molar-refractivity contribution in [1.29, 1.82) is 0 Å². The Morgan fingerprint density at radius 1 is 1.33 bits per heavy atom. The van der Waals surface area contributed by atoms with Crippen molar-refractivity contribution >= 4 is 21.4 Å². The van der Waals surface area contributed by atoms with Crippen LogP contribution in [0.3, 0.4) is 0 Å². The molecule has 0 radical (unpaired) electrons. The summed E-state index contributed by atoms with van der Waals surface area (Å²) in [5.41, 5.74) is 1.27. The van der Waals surface area contributed by atoms with Crippen molar-refractivity contribution in [2.45, 2.75) is 37.5 Å². The fourth-order valence-corrected chi connectivity index (χ4v) is 2.86. The summed E-state index contributed by atoms with van der Waals surface area (Å²) in [5, 5.41) is 10.1. The lowest BCUT2D eigenvalue weighted by Gasteiger charge is -2.31. The largest absolute Gasteiger partial charge is 0.388 e. The normalized spacial score (nSPS) is 19.8. The number of carbonyl (C=O) groups excluding carboxylic acids is 1. The van der Waals surface area contributed by atoms with Gasteiger partial charge in [0.2, 0.25) is 5.91 Å². The summed E-state index contributed by atoms with van der Waals surface area (Å²) in [7, 11) is -3.53. The number of nitrogens with zero attached hydrogens (tertiary/aromatic N) is 1. The molecule has 0 saturated carbocycles. The molecule has 0 aliphatic carbocycles. The van der Waals surface area contributed by atoms with Crippen LogP contribution >= 0.6 is 0 Å². The van der Waals surface area contributed by atoms with Crippen LogP contribution in [0.5, 0.6) is 0 Å². The number of rotatable bonds is 2. The molecule has 1 aromatic carbocycles. The van der Waals surface area contributed by atoms with Crippen LogP contribution in [0.1, 0.15) is 38.4 Å². The molecular formula is C15H21NO4S. The molecule has 0 saturated heterocycles. The fraction of sp³-hybridized carbons (Fsp3) is 0.533. The molecule has 1 aromatic rings. The van der Waals surface area contributed by atoms with Crippen molar-refractivity contribution < 1.29 is 18.3 Å². The summed E-state index contributed by atoms with van der Waals surface area (Å²) in [4.78, 5) is 14.2. The van der Waals surface area contributed by atoms with Crippen molar-refractivity contribution in [2.75, 3.05) is 17.7 Å². The maximum Gasteiger partial charge on any atom is 0.247 e. The Bertz CT molecular complexity index is 651. The monoisotopic (exact) mass is 311 g/mol. The van der Waals surface area contributed by atoms with Crippen LogP contribution in [-0.2, 0) is 14.6 Å². The second-order valence-electron chi connectivity index (χ2n) is 5.96. The van der Waals surface area contributed by atoms with Gasteiger partial charge in [-0.05, 0) is 32.8 Å². The summed E-state index contributed by atoms with van der Waals surface area (Å²) in [6.07, 6.45) is 1.63. The first-order valence-electron chi connectivity index (χ1n) is 6.95. The molecule has 6 heteroatoms. The zero-order valence-corrected chi connectivity index (χ0v) is 13.4. The van der Waals surface area contributed by atoms with Crippen LogP contribution in [0.25, 0.3) is 0 Å². The van der Waals surface area contributed by atoms with E-state index in [2.05, 4.69) is 0 Å². The molecule has 5 nitrogen and oxygen atoms in total. The summed E-state index contributed by atoms with van der Waals surface area (Å²) < 4.78 is 22.3. The van der Waals surface area contributed by atoms with Crippen LogP contribution < -0.4 is 4.90 Å². The summed E-state index contributed by atoms with van der Waals surface area (Å²) in [6.45, 7) is 3.26. The minimum Gasteiger partial charge on any atom is -0.388 e. The van der Waals surface area contributed by atoms with Crippen LogP contribution in [-0.4, -0.2) is 37.0 Å². The molecule has 1 heterocycles. The van der Waals surface area contributed by atoms with Crippen LogP contribution in [0.4, 0.5) is 5.69 Å². The van der Waals surface area contributed by atoms with Gasteiger partial charge in [0.1, 0.15) is 4.75 Å². The van der Waals surface area contributed by atoms with Gasteiger partial charge in [-0.2, -0.15) is 0 Å². The number of fused-ring (bicyclic) bond motifs is 1. The average molecular weight is 311 g/mol. The van der Waals surface area contributed by atoms with E-state index in [1.165, 1.54) is 18.7 Å². The molecule has 0 bridgehead atoms. The average Bonchev–Trinajstić information content (AvgIpc) is 2.57. The minimum atomic E-state index is -3.53. The lowest BCUT2D eigenvalue weighted by Crippen LogP contribution is -2.50. The molecule has 116 valence electrons. The summed E-state index contributed by atoms with van der Waals surface area (Å²) in [6, 6.07) is 7.11. The number of anilines is 1. The lowest BCUT2D eigenvalue weighted by molar-refractivity contribution is -0.120. The molecule has 0 aromatic heterocycles. The number of benzene rings is 1. The van der Waals surface area contributed by atoms with E-state index in [-0.39, 0.29) is 0 Å². The van der Waals surface area contributed by atoms with Crippen LogP contribution in [0.15, 0.2) is 24.3 Å². The van der Waals surface area contributed by atoms with Crippen molar-refractivity contribution in [3.63, 3.8) is 0 Å². The second kappa shape index (κ2) is 5.42. The van der Waals surface area contributed by atoms with Crippen molar-refractivity contribution in [3.05, 3.63) is 29.8 Å². The van der Waals surface area contributed by atoms with E-state index in [9.17, 15) is 18.3 Å². The van der Waals surface area contributed by atoms with Crippen LogP contribution in [0, 0.1) is 0 Å². The van der Waals surface area contributed by atoms with Gasteiger partial charge in [0.25, 0.3) is 0 Å². The van der Waals surface area contributed by atoms with Crippen molar-refractivity contribution in [1.82, 2.24) is 0 Å². The lowest BCUT2D eigenvalue weighted by atomic mass is 10.0. The topological polar surface area (TPSA) is 74.7 Å². The Morgan fingerprint density at radius 3 is 2.57 bits per heavy atom. The molecule has 1 unspecified atom stereocenters. The molecular weight excluding hydrogens is 290 g/mol. The molecule has 1 aliphatic heterocycles. The Labute approximate surface area is 125 Å². The van der Waals surface area contributed by atoms with Gasteiger partial charge in [-0.1, -0.05) is 18.2 Å². The molecule has 21 heavy (non-hydrogen) atoms. The Hall–Kier alpha value is -1.40. The molecule has 1 aliphatic rings. The number of carbonyl (C=O) groups is 1. The van der Waals surface area contributed by atoms with Gasteiger partial charge < -0.3 is 10.0 Å². The second-order valence-corrected chi connectivity index (χ2v) is 8.52. The standard InChI is InChI=1S/C15H21NO4S/c1-15(2,21(3,19)20)14(18)16-10-6-9-13(17)11-7-4-5-8-12(11)16/h4-5,7-8,13,17H,6,9-10H2,1-3H3. The first-order chi connectivity index (χ1) is 9.66. The molecule has 0 fully saturated rings. The molecule has 2 rings (SSSR count). The van der Waals surface area contributed by atoms with E-state index in [4.69, 9.17) is 0 Å². The van der Waals surface area contributed by atoms with E-state index >= 15 is 0 Å². The predicted octanol–water partition coefficient (Wildman–Crippen LogP) is 1.67. The van der Waals surface area contributed by atoms with Gasteiger partial charge in [0.05, 0.1) is 6.10 Å². The number of hydrogen-bond donors (Lipinski definition) is 1. The minimum absolute atomic E-state index is 0.409. The number of amides is 1. The van der Waals surface area contributed by atoms with E-state index < -0.39 is 26.6 Å². The first-order valence-corrected chi connectivity index (χ1v) is 8.84. The van der Waals surface area contributed by atoms with Gasteiger partial charge in [0, 0.05) is 24.1 Å². The molecule has 0 spiro atoms. The van der Waals surface area contributed by atoms with E-state index in [1.807, 2.05) is 0 Å². The number of aliphatic hydroxyl groups is 1. The zero-order chi connectivity index (χ0) is 15.8. The highest BCUT2D eigenvalue weighted by Gasteiger charge is 2.42. The van der Waals surface area contributed by atoms with Gasteiger partial charge in [-0.25, -0.2) is 8.42 Å². The number of hydrogen-bond acceptors (Lipinski definition) is 4. The number of para-hydroxylation sites is 1. The maximum atomic E-state index is 12.8. The zero-order valence-electron chi connectivity index (χ0n) is 12.5. The summed E-state index contributed by atoms with van der Waals surface area (Å²) >= 11 is 0. The van der Waals surface area contributed by atoms with Gasteiger partial charge in [-0.3, -0.25) is 4.79 Å². The van der Waals surface area contributed by atoms with Crippen molar-refractivity contribution in [3.8, 4) is 0 Å². The number of aliphatic hydroxyl groups excluding tert-OH is 1. The maximum absolute atomic E-state index is 12.8. The summed E-state index contributed by atoms with van der Waals surface area (Å²) in [5.74, 6) is -0.452. The van der Waals surface area contributed by atoms with Crippen LogP contribution in [0.2, 0.25) is 0 Å². The highest BCUT2D eigenvalue weighted by molar-refractivity contribution is 7.92. The molecule has 1 amide bonds. The quantitative estimate of drug-likeness (QED) is 0.901. The highest BCUT2D eigenvalue weighted by atomic mass is 32.2. The van der Waals surface area contributed by atoms with E-state index in [1.54, 1.807) is 24.3 Å².